The molecule has 1 unspecified atom stereocenters. The van der Waals surface area contributed by atoms with Crippen molar-refractivity contribution in [1.82, 2.24) is 10.2 Å². The van der Waals surface area contributed by atoms with E-state index in [0.717, 1.165) is 0 Å². The zero-order chi connectivity index (χ0) is 16.0. The summed E-state index contributed by atoms with van der Waals surface area (Å²) >= 11 is 0. The third-order valence-corrected chi connectivity index (χ3v) is 4.67. The first-order chi connectivity index (χ1) is 9.77. The fourth-order valence-corrected chi connectivity index (χ4v) is 2.98. The van der Waals surface area contributed by atoms with Gasteiger partial charge in [0.05, 0.1) is 28.3 Å². The van der Waals surface area contributed by atoms with Crippen LogP contribution >= 0.6 is 0 Å². The lowest BCUT2D eigenvalue weighted by Gasteiger charge is -2.17. The van der Waals surface area contributed by atoms with Crippen LogP contribution in [0.1, 0.15) is 12.5 Å². The van der Waals surface area contributed by atoms with Gasteiger partial charge in [-0.15, -0.1) is 0 Å². The Kier molecular flexibility index (Phi) is 5.88. The first kappa shape index (κ1) is 17.1. The number of likely N-dealkylation sites (N-methyl/N-ethyl adjacent to an activating group) is 1. The molecule has 0 saturated carbocycles. The van der Waals surface area contributed by atoms with Gasteiger partial charge in [-0.05, 0) is 25.1 Å². The normalized spacial score (nSPS) is 12.5. The highest BCUT2D eigenvalue weighted by Crippen LogP contribution is 2.12. The maximum atomic E-state index is 12.1. The van der Waals surface area contributed by atoms with Gasteiger partial charge in [0.25, 0.3) is 0 Å². The van der Waals surface area contributed by atoms with Gasteiger partial charge < -0.3 is 10.2 Å². The van der Waals surface area contributed by atoms with Gasteiger partial charge in [0, 0.05) is 20.6 Å². The van der Waals surface area contributed by atoms with E-state index < -0.39 is 15.9 Å². The van der Waals surface area contributed by atoms with Crippen molar-refractivity contribution in [1.29, 1.82) is 5.26 Å². The van der Waals surface area contributed by atoms with Crippen molar-refractivity contribution in [2.75, 3.05) is 26.4 Å². The van der Waals surface area contributed by atoms with Crippen molar-refractivity contribution in [3.05, 3.63) is 29.8 Å². The molecule has 0 bridgehead atoms. The van der Waals surface area contributed by atoms with Crippen LogP contribution in [0.15, 0.2) is 29.2 Å². The molecule has 0 fully saturated rings. The number of nitrogens with zero attached hydrogens (tertiary/aromatic N) is 2. The number of carbonyl (C=O) groups excluding carboxylic acids is 1. The lowest BCUT2D eigenvalue weighted by Crippen LogP contribution is -2.43. The van der Waals surface area contributed by atoms with Gasteiger partial charge >= 0.3 is 0 Å². The van der Waals surface area contributed by atoms with Crippen LogP contribution in [0.25, 0.3) is 0 Å². The molecule has 21 heavy (non-hydrogen) atoms. The van der Waals surface area contributed by atoms with Crippen molar-refractivity contribution in [2.45, 2.75) is 17.9 Å². The summed E-state index contributed by atoms with van der Waals surface area (Å²) in [6.45, 7) is 1.85. The number of nitriles is 1. The molecule has 0 saturated heterocycles. The minimum absolute atomic E-state index is 0.112. The van der Waals surface area contributed by atoms with Crippen molar-refractivity contribution >= 4 is 15.7 Å². The minimum Gasteiger partial charge on any atom is -0.347 e. The van der Waals surface area contributed by atoms with Crippen molar-refractivity contribution < 1.29 is 13.2 Å². The van der Waals surface area contributed by atoms with E-state index in [1.54, 1.807) is 27.1 Å². The summed E-state index contributed by atoms with van der Waals surface area (Å²) in [6.07, 6.45) is 0. The van der Waals surface area contributed by atoms with E-state index in [1.165, 1.54) is 23.1 Å². The van der Waals surface area contributed by atoms with Crippen LogP contribution in [0.4, 0.5) is 0 Å². The molecule has 7 heteroatoms. The molecule has 0 aliphatic heterocycles. The van der Waals surface area contributed by atoms with Crippen LogP contribution in [-0.4, -0.2) is 51.7 Å². The molecule has 1 N–H and O–H groups in total. The quantitative estimate of drug-likeness (QED) is 0.821. The molecule has 1 rings (SSSR count). The maximum absolute atomic E-state index is 12.1. The third-order valence-electron chi connectivity index (χ3n) is 2.95. The highest BCUT2D eigenvalue weighted by Gasteiger charge is 2.18. The van der Waals surface area contributed by atoms with E-state index in [1.807, 2.05) is 6.07 Å². The lowest BCUT2D eigenvalue weighted by atomic mass is 10.2. The van der Waals surface area contributed by atoms with E-state index in [0.29, 0.717) is 5.56 Å². The molecule has 1 aromatic rings. The standard InChI is InChI=1S/C14H19N3O3S/c1-11(14(18)17(2)3)16-7-8-21(19,20)13-6-4-5-12(9-13)10-15/h4-6,9,11,16H,7-8H2,1-3H3. The van der Waals surface area contributed by atoms with Crippen LogP contribution in [0.5, 0.6) is 0 Å². The molecular formula is C14H19N3O3S. The third kappa shape index (κ3) is 4.85. The topological polar surface area (TPSA) is 90.3 Å². The van der Waals surface area contributed by atoms with Gasteiger partial charge in [-0.25, -0.2) is 8.42 Å². The summed E-state index contributed by atoms with van der Waals surface area (Å²) in [5, 5.41) is 11.7. The number of sulfone groups is 1. The van der Waals surface area contributed by atoms with E-state index in [2.05, 4.69) is 5.32 Å². The Bertz CT molecular complexity index is 648. The van der Waals surface area contributed by atoms with Gasteiger partial charge in [-0.2, -0.15) is 5.26 Å². The maximum Gasteiger partial charge on any atom is 0.238 e. The summed E-state index contributed by atoms with van der Waals surface area (Å²) < 4.78 is 24.3. The first-order valence-corrected chi connectivity index (χ1v) is 8.10. The molecule has 114 valence electrons. The van der Waals surface area contributed by atoms with Crippen LogP contribution in [-0.2, 0) is 14.6 Å². The molecule has 1 amide bonds. The predicted molar refractivity (Wildman–Crippen MR) is 79.4 cm³/mol. The van der Waals surface area contributed by atoms with Crippen LogP contribution in [0.2, 0.25) is 0 Å². The Balaban J connectivity index is 2.66. The van der Waals surface area contributed by atoms with Gasteiger partial charge in [0.2, 0.25) is 5.91 Å². The first-order valence-electron chi connectivity index (χ1n) is 6.45. The number of carbonyl (C=O) groups is 1. The monoisotopic (exact) mass is 309 g/mol. The second kappa shape index (κ2) is 7.20. The molecule has 0 aromatic heterocycles. The molecule has 1 aromatic carbocycles. The average Bonchev–Trinajstić information content (AvgIpc) is 2.46. The fourth-order valence-electron chi connectivity index (χ4n) is 1.76. The molecule has 0 spiro atoms. The van der Waals surface area contributed by atoms with Gasteiger partial charge in [0.1, 0.15) is 0 Å². The van der Waals surface area contributed by atoms with Crippen molar-refractivity contribution in [3.63, 3.8) is 0 Å². The molecular weight excluding hydrogens is 290 g/mol. The lowest BCUT2D eigenvalue weighted by molar-refractivity contribution is -0.130. The SMILES string of the molecule is CC(NCCS(=O)(=O)c1cccc(C#N)c1)C(=O)N(C)C. The number of rotatable bonds is 6. The average molecular weight is 309 g/mol. The molecule has 6 nitrogen and oxygen atoms in total. The van der Waals surface area contributed by atoms with E-state index in [9.17, 15) is 13.2 Å². The van der Waals surface area contributed by atoms with Crippen LogP contribution < -0.4 is 5.32 Å². The Hall–Kier alpha value is -1.91. The number of hydrogen-bond acceptors (Lipinski definition) is 5. The largest absolute Gasteiger partial charge is 0.347 e. The molecule has 0 radical (unpaired) electrons. The van der Waals surface area contributed by atoms with Crippen molar-refractivity contribution in [2.24, 2.45) is 0 Å². The highest BCUT2D eigenvalue weighted by atomic mass is 32.2. The zero-order valence-corrected chi connectivity index (χ0v) is 13.1. The van der Waals surface area contributed by atoms with Gasteiger partial charge in [-0.3, -0.25) is 4.79 Å². The zero-order valence-electron chi connectivity index (χ0n) is 12.3. The van der Waals surface area contributed by atoms with Gasteiger partial charge in [0.15, 0.2) is 9.84 Å². The highest BCUT2D eigenvalue weighted by molar-refractivity contribution is 7.91. The second-order valence-electron chi connectivity index (χ2n) is 4.87. The number of nitrogens with one attached hydrogen (secondary N) is 1. The van der Waals surface area contributed by atoms with Crippen molar-refractivity contribution in [3.8, 4) is 6.07 Å². The predicted octanol–water partition coefficient (Wildman–Crippen LogP) is 0.398. The summed E-state index contributed by atoms with van der Waals surface area (Å²) in [5.74, 6) is -0.244. The molecule has 1 atom stereocenters. The number of benzene rings is 1. The Morgan fingerprint density at radius 3 is 2.67 bits per heavy atom. The van der Waals surface area contributed by atoms with E-state index in [-0.39, 0.29) is 23.1 Å². The summed E-state index contributed by atoms with van der Waals surface area (Å²) in [6, 6.07) is 7.37. The van der Waals surface area contributed by atoms with E-state index in [4.69, 9.17) is 5.26 Å². The van der Waals surface area contributed by atoms with Crippen LogP contribution in [0.3, 0.4) is 0 Å². The van der Waals surface area contributed by atoms with E-state index >= 15 is 0 Å². The smallest absolute Gasteiger partial charge is 0.238 e. The Morgan fingerprint density at radius 2 is 2.10 bits per heavy atom. The summed E-state index contributed by atoms with van der Waals surface area (Å²) in [4.78, 5) is 13.2. The van der Waals surface area contributed by atoms with Crippen LogP contribution in [0, 0.1) is 11.3 Å². The Labute approximate surface area is 125 Å². The van der Waals surface area contributed by atoms with Gasteiger partial charge in [-0.1, -0.05) is 6.07 Å². The second-order valence-corrected chi connectivity index (χ2v) is 6.98. The number of hydrogen-bond donors (Lipinski definition) is 1. The molecule has 0 aliphatic carbocycles. The number of amides is 1. The molecule has 0 aliphatic rings. The fraction of sp³-hybridized carbons (Fsp3) is 0.429. The minimum atomic E-state index is -3.47. The molecule has 0 heterocycles. The Morgan fingerprint density at radius 1 is 1.43 bits per heavy atom. The summed E-state index contributed by atoms with van der Waals surface area (Å²) in [7, 11) is -0.186. The summed E-state index contributed by atoms with van der Waals surface area (Å²) in [5.41, 5.74) is 0.306.